The highest BCUT2D eigenvalue weighted by Gasteiger charge is 2.21. The first-order chi connectivity index (χ1) is 12.0. The van der Waals surface area contributed by atoms with Gasteiger partial charge in [-0.1, -0.05) is 12.1 Å². The zero-order valence-corrected chi connectivity index (χ0v) is 14.5. The first-order valence-corrected chi connectivity index (χ1v) is 8.10. The molecule has 0 aliphatic heterocycles. The van der Waals surface area contributed by atoms with Gasteiger partial charge >= 0.3 is 0 Å². The summed E-state index contributed by atoms with van der Waals surface area (Å²) in [5, 5.41) is 3.16. The topological polar surface area (TPSA) is 73.5 Å². The van der Waals surface area contributed by atoms with Gasteiger partial charge in [-0.05, 0) is 37.6 Å². The Hall–Kier alpha value is -3.02. The molecular formula is C19H20N2O4. The fourth-order valence-electron chi connectivity index (χ4n) is 2.73. The van der Waals surface area contributed by atoms with E-state index in [1.165, 1.54) is 4.57 Å². The van der Waals surface area contributed by atoms with Crippen molar-refractivity contribution in [2.75, 3.05) is 6.61 Å². The standard InChI is InChI=1S/C19H20N2O4/c1-4-24-14-7-5-13(6-8-14)11-20-18(22)16-12(2)25-15-9-10-21(3)19(23)17(15)16/h5-10H,4,11H2,1-3H3,(H,20,22). The van der Waals surface area contributed by atoms with Crippen LogP contribution in [0.3, 0.4) is 0 Å². The van der Waals surface area contributed by atoms with Crippen molar-refractivity contribution in [2.24, 2.45) is 7.05 Å². The molecule has 0 bridgehead atoms. The number of amides is 1. The number of ether oxygens (including phenoxy) is 1. The SMILES string of the molecule is CCOc1ccc(CNC(=O)c2c(C)oc3ccn(C)c(=O)c23)cc1. The van der Waals surface area contributed by atoms with E-state index in [9.17, 15) is 9.59 Å². The van der Waals surface area contributed by atoms with Gasteiger partial charge in [0.2, 0.25) is 0 Å². The fraction of sp³-hybridized carbons (Fsp3) is 0.263. The smallest absolute Gasteiger partial charge is 0.262 e. The Morgan fingerprint density at radius 3 is 2.64 bits per heavy atom. The Labute approximate surface area is 145 Å². The molecule has 0 saturated heterocycles. The molecule has 0 spiro atoms. The molecule has 0 aliphatic carbocycles. The minimum absolute atomic E-state index is 0.249. The lowest BCUT2D eigenvalue weighted by molar-refractivity contribution is 0.0950. The van der Waals surface area contributed by atoms with Crippen LogP contribution in [0.5, 0.6) is 5.75 Å². The second kappa shape index (κ2) is 6.84. The van der Waals surface area contributed by atoms with E-state index in [0.29, 0.717) is 35.4 Å². The Balaban J connectivity index is 1.82. The maximum atomic E-state index is 12.6. The molecule has 2 aromatic heterocycles. The van der Waals surface area contributed by atoms with Gasteiger partial charge in [0.25, 0.3) is 11.5 Å². The molecule has 3 aromatic rings. The predicted molar refractivity (Wildman–Crippen MR) is 95.0 cm³/mol. The molecular weight excluding hydrogens is 320 g/mol. The van der Waals surface area contributed by atoms with Crippen LogP contribution in [0.25, 0.3) is 11.0 Å². The number of hydrogen-bond acceptors (Lipinski definition) is 4. The molecule has 130 valence electrons. The van der Waals surface area contributed by atoms with E-state index < -0.39 is 0 Å². The van der Waals surface area contributed by atoms with Crippen molar-refractivity contribution < 1.29 is 13.9 Å². The van der Waals surface area contributed by atoms with Crippen molar-refractivity contribution in [2.45, 2.75) is 20.4 Å². The van der Waals surface area contributed by atoms with Crippen molar-refractivity contribution in [1.82, 2.24) is 9.88 Å². The number of aromatic nitrogens is 1. The van der Waals surface area contributed by atoms with E-state index in [-0.39, 0.29) is 11.5 Å². The third-order valence-electron chi connectivity index (χ3n) is 4.01. The number of benzene rings is 1. The van der Waals surface area contributed by atoms with E-state index >= 15 is 0 Å². The van der Waals surface area contributed by atoms with Crippen molar-refractivity contribution in [1.29, 1.82) is 0 Å². The van der Waals surface area contributed by atoms with E-state index in [0.717, 1.165) is 11.3 Å². The second-order valence-corrected chi connectivity index (χ2v) is 5.76. The largest absolute Gasteiger partial charge is 0.494 e. The average molecular weight is 340 g/mol. The molecule has 0 radical (unpaired) electrons. The number of carbonyl (C=O) groups excluding carboxylic acids is 1. The third-order valence-corrected chi connectivity index (χ3v) is 4.01. The highest BCUT2D eigenvalue weighted by atomic mass is 16.5. The molecule has 0 fully saturated rings. The Kier molecular flexibility index (Phi) is 4.61. The van der Waals surface area contributed by atoms with Crippen molar-refractivity contribution in [3.63, 3.8) is 0 Å². The van der Waals surface area contributed by atoms with E-state index in [4.69, 9.17) is 9.15 Å². The van der Waals surface area contributed by atoms with Gasteiger partial charge in [-0.15, -0.1) is 0 Å². The minimum atomic E-state index is -0.326. The quantitative estimate of drug-likeness (QED) is 0.775. The highest BCUT2D eigenvalue weighted by molar-refractivity contribution is 6.06. The summed E-state index contributed by atoms with van der Waals surface area (Å²) in [5.41, 5.74) is 1.41. The van der Waals surface area contributed by atoms with Crippen LogP contribution < -0.4 is 15.6 Å². The number of aryl methyl sites for hydroxylation is 2. The lowest BCUT2D eigenvalue weighted by atomic mass is 10.1. The summed E-state index contributed by atoms with van der Waals surface area (Å²) < 4.78 is 12.4. The number of furan rings is 1. The van der Waals surface area contributed by atoms with Gasteiger partial charge in [-0.2, -0.15) is 0 Å². The molecule has 1 aromatic carbocycles. The molecule has 6 heteroatoms. The zero-order valence-electron chi connectivity index (χ0n) is 14.5. The normalized spacial score (nSPS) is 10.8. The van der Waals surface area contributed by atoms with Crippen LogP contribution in [-0.2, 0) is 13.6 Å². The summed E-state index contributed by atoms with van der Waals surface area (Å²) in [5.74, 6) is 0.897. The van der Waals surface area contributed by atoms with Crippen LogP contribution in [0.4, 0.5) is 0 Å². The van der Waals surface area contributed by atoms with Gasteiger partial charge in [0, 0.05) is 19.8 Å². The van der Waals surface area contributed by atoms with Crippen LogP contribution in [0.1, 0.15) is 28.6 Å². The van der Waals surface area contributed by atoms with Crippen molar-refractivity contribution in [3.05, 3.63) is 63.8 Å². The maximum absolute atomic E-state index is 12.6. The number of nitrogens with zero attached hydrogens (tertiary/aromatic N) is 1. The second-order valence-electron chi connectivity index (χ2n) is 5.76. The van der Waals surface area contributed by atoms with Crippen LogP contribution in [0, 0.1) is 6.92 Å². The molecule has 0 unspecified atom stereocenters. The Bertz CT molecular complexity index is 967. The van der Waals surface area contributed by atoms with E-state index in [1.54, 1.807) is 26.2 Å². The van der Waals surface area contributed by atoms with E-state index in [1.807, 2.05) is 31.2 Å². The van der Waals surface area contributed by atoms with Gasteiger partial charge < -0.3 is 19.0 Å². The molecule has 0 saturated carbocycles. The highest BCUT2D eigenvalue weighted by Crippen LogP contribution is 2.22. The molecule has 1 N–H and O–H groups in total. The minimum Gasteiger partial charge on any atom is -0.494 e. The number of fused-ring (bicyclic) bond motifs is 1. The Morgan fingerprint density at radius 1 is 1.24 bits per heavy atom. The lowest BCUT2D eigenvalue weighted by Gasteiger charge is -2.07. The molecule has 2 heterocycles. The summed E-state index contributed by atoms with van der Waals surface area (Å²) in [6.45, 7) is 4.57. The molecule has 1 amide bonds. The Morgan fingerprint density at radius 2 is 1.96 bits per heavy atom. The van der Waals surface area contributed by atoms with Gasteiger partial charge in [0.05, 0.1) is 17.6 Å². The zero-order chi connectivity index (χ0) is 18.0. The number of pyridine rings is 1. The number of nitrogens with one attached hydrogen (secondary N) is 1. The van der Waals surface area contributed by atoms with Crippen LogP contribution in [0.2, 0.25) is 0 Å². The van der Waals surface area contributed by atoms with E-state index in [2.05, 4.69) is 5.32 Å². The average Bonchev–Trinajstić information content (AvgIpc) is 2.94. The first kappa shape index (κ1) is 16.8. The van der Waals surface area contributed by atoms with Gasteiger partial charge in [-0.3, -0.25) is 9.59 Å². The summed E-state index contributed by atoms with van der Waals surface area (Å²) in [6.07, 6.45) is 1.62. The van der Waals surface area contributed by atoms with Gasteiger partial charge in [0.15, 0.2) is 0 Å². The predicted octanol–water partition coefficient (Wildman–Crippen LogP) is 2.77. The number of carbonyl (C=O) groups is 1. The summed E-state index contributed by atoms with van der Waals surface area (Å²) >= 11 is 0. The molecule has 25 heavy (non-hydrogen) atoms. The number of hydrogen-bond donors (Lipinski definition) is 1. The lowest BCUT2D eigenvalue weighted by Crippen LogP contribution is -2.25. The number of rotatable bonds is 5. The van der Waals surface area contributed by atoms with Crippen molar-refractivity contribution >= 4 is 16.9 Å². The molecule has 6 nitrogen and oxygen atoms in total. The van der Waals surface area contributed by atoms with Crippen molar-refractivity contribution in [3.8, 4) is 5.75 Å². The summed E-state index contributed by atoms with van der Waals surface area (Å²) in [6, 6.07) is 9.20. The summed E-state index contributed by atoms with van der Waals surface area (Å²) in [7, 11) is 1.64. The molecule has 0 aliphatic rings. The molecule has 3 rings (SSSR count). The summed E-state index contributed by atoms with van der Waals surface area (Å²) in [4.78, 5) is 25.0. The van der Waals surface area contributed by atoms with Crippen LogP contribution in [-0.4, -0.2) is 17.1 Å². The monoisotopic (exact) mass is 340 g/mol. The van der Waals surface area contributed by atoms with Crippen LogP contribution >= 0.6 is 0 Å². The molecule has 0 atom stereocenters. The third kappa shape index (κ3) is 3.28. The van der Waals surface area contributed by atoms with Gasteiger partial charge in [-0.25, -0.2) is 0 Å². The van der Waals surface area contributed by atoms with Gasteiger partial charge in [0.1, 0.15) is 17.1 Å². The maximum Gasteiger partial charge on any atom is 0.262 e. The first-order valence-electron chi connectivity index (χ1n) is 8.10. The fourth-order valence-corrected chi connectivity index (χ4v) is 2.73. The van der Waals surface area contributed by atoms with Crippen LogP contribution in [0.15, 0.2) is 45.7 Å².